The van der Waals surface area contributed by atoms with E-state index in [-0.39, 0.29) is 5.97 Å². The molecular formula is C10H13NO2. The van der Waals surface area contributed by atoms with Crippen molar-refractivity contribution in [2.75, 3.05) is 0 Å². The molecule has 0 aromatic heterocycles. The maximum absolute atomic E-state index is 11.1. The second-order valence-electron chi connectivity index (χ2n) is 2.86. The van der Waals surface area contributed by atoms with Gasteiger partial charge in [0.1, 0.15) is 0 Å². The van der Waals surface area contributed by atoms with Gasteiger partial charge in [0.2, 0.25) is 0 Å². The molecule has 1 unspecified atom stereocenters. The van der Waals surface area contributed by atoms with Gasteiger partial charge in [-0.2, -0.15) is 0 Å². The highest BCUT2D eigenvalue weighted by atomic mass is 16.5. The average Bonchev–Trinajstić information content (AvgIpc) is 2.09. The molecule has 1 rings (SSSR count). The number of carbonyl (C=O) groups is 1. The molecule has 13 heavy (non-hydrogen) atoms. The van der Waals surface area contributed by atoms with Crippen molar-refractivity contribution in [2.45, 2.75) is 25.9 Å². The van der Waals surface area contributed by atoms with Gasteiger partial charge in [-0.3, -0.25) is 4.79 Å². The Morgan fingerprint density at radius 1 is 1.62 bits per heavy atom. The predicted octanol–water partition coefficient (Wildman–Crippen LogP) is 1.84. The topological polar surface area (TPSA) is 50.2 Å². The van der Waals surface area contributed by atoms with E-state index >= 15 is 0 Å². The van der Waals surface area contributed by atoms with E-state index in [4.69, 9.17) is 10.1 Å². The average molecular weight is 179 g/mol. The molecule has 3 nitrogen and oxygen atoms in total. The Bertz CT molecular complexity index is 266. The van der Waals surface area contributed by atoms with Gasteiger partial charge in [-0.15, -0.1) is 0 Å². The van der Waals surface area contributed by atoms with Crippen molar-refractivity contribution in [3.05, 3.63) is 24.3 Å². The molecule has 0 amide bonds. The monoisotopic (exact) mass is 179 g/mol. The van der Waals surface area contributed by atoms with E-state index in [0.717, 1.165) is 6.42 Å². The van der Waals surface area contributed by atoms with Crippen molar-refractivity contribution in [1.82, 2.24) is 0 Å². The van der Waals surface area contributed by atoms with Gasteiger partial charge in [-0.1, -0.05) is 19.1 Å². The first-order valence-electron chi connectivity index (χ1n) is 4.37. The molecule has 1 N–H and O–H groups in total. The molecule has 0 aromatic rings. The van der Waals surface area contributed by atoms with Crippen molar-refractivity contribution in [3.63, 3.8) is 0 Å². The van der Waals surface area contributed by atoms with Crippen LogP contribution in [0.1, 0.15) is 19.8 Å². The smallest absolute Gasteiger partial charge is 0.306 e. The molecule has 0 radical (unpaired) electrons. The highest BCUT2D eigenvalue weighted by molar-refractivity contribution is 5.99. The van der Waals surface area contributed by atoms with Crippen LogP contribution >= 0.6 is 0 Å². The van der Waals surface area contributed by atoms with Crippen LogP contribution in [0, 0.1) is 5.41 Å². The van der Waals surface area contributed by atoms with Crippen LogP contribution < -0.4 is 0 Å². The molecule has 0 fully saturated rings. The molecule has 1 aliphatic rings. The Labute approximate surface area is 77.6 Å². The Balaban J connectivity index is 2.45. The van der Waals surface area contributed by atoms with Crippen molar-refractivity contribution >= 4 is 11.7 Å². The molecule has 0 saturated carbocycles. The van der Waals surface area contributed by atoms with Gasteiger partial charge >= 0.3 is 5.97 Å². The summed E-state index contributed by atoms with van der Waals surface area (Å²) in [6.07, 6.45) is 7.58. The Morgan fingerprint density at radius 2 is 2.38 bits per heavy atom. The van der Waals surface area contributed by atoms with Crippen LogP contribution in [0.3, 0.4) is 0 Å². The lowest BCUT2D eigenvalue weighted by atomic mass is 10.1. The molecule has 0 aliphatic heterocycles. The Kier molecular flexibility index (Phi) is 3.43. The van der Waals surface area contributed by atoms with Gasteiger partial charge < -0.3 is 10.1 Å². The lowest BCUT2D eigenvalue weighted by Gasteiger charge is -2.14. The first-order valence-corrected chi connectivity index (χ1v) is 4.37. The lowest BCUT2D eigenvalue weighted by Crippen LogP contribution is -2.24. The van der Waals surface area contributed by atoms with Gasteiger partial charge in [-0.05, 0) is 18.6 Å². The molecule has 1 aliphatic carbocycles. The van der Waals surface area contributed by atoms with E-state index in [0.29, 0.717) is 12.1 Å². The SMILES string of the molecule is CCCC(=O)OC1C=CC=CC1=N. The minimum Gasteiger partial charge on any atom is -0.452 e. The van der Waals surface area contributed by atoms with Crippen LogP contribution in [-0.4, -0.2) is 17.8 Å². The highest BCUT2D eigenvalue weighted by Crippen LogP contribution is 2.06. The molecule has 0 heterocycles. The van der Waals surface area contributed by atoms with Crippen molar-refractivity contribution in [1.29, 1.82) is 5.41 Å². The van der Waals surface area contributed by atoms with E-state index in [1.54, 1.807) is 24.3 Å². The normalized spacial score (nSPS) is 20.4. The number of allylic oxidation sites excluding steroid dienone is 2. The van der Waals surface area contributed by atoms with E-state index in [9.17, 15) is 4.79 Å². The first kappa shape index (κ1) is 9.71. The van der Waals surface area contributed by atoms with E-state index in [2.05, 4.69) is 0 Å². The molecule has 0 saturated heterocycles. The van der Waals surface area contributed by atoms with Crippen molar-refractivity contribution in [3.8, 4) is 0 Å². The van der Waals surface area contributed by atoms with Crippen molar-refractivity contribution in [2.24, 2.45) is 0 Å². The van der Waals surface area contributed by atoms with Gasteiger partial charge in [-0.25, -0.2) is 0 Å². The van der Waals surface area contributed by atoms with Crippen LogP contribution in [0.5, 0.6) is 0 Å². The first-order chi connectivity index (χ1) is 6.24. The van der Waals surface area contributed by atoms with Crippen molar-refractivity contribution < 1.29 is 9.53 Å². The summed E-state index contributed by atoms with van der Waals surface area (Å²) in [4.78, 5) is 11.1. The number of carbonyl (C=O) groups excluding carboxylic acids is 1. The van der Waals surface area contributed by atoms with E-state index < -0.39 is 6.10 Å². The maximum atomic E-state index is 11.1. The summed E-state index contributed by atoms with van der Waals surface area (Å²) in [5.41, 5.74) is 0.326. The number of rotatable bonds is 3. The van der Waals surface area contributed by atoms with Gasteiger partial charge in [0.05, 0.1) is 5.71 Å². The van der Waals surface area contributed by atoms with Gasteiger partial charge in [0.25, 0.3) is 0 Å². The summed E-state index contributed by atoms with van der Waals surface area (Å²) in [6, 6.07) is 0. The number of hydrogen-bond acceptors (Lipinski definition) is 3. The van der Waals surface area contributed by atoms with Crippen LogP contribution in [0.15, 0.2) is 24.3 Å². The fraction of sp³-hybridized carbons (Fsp3) is 0.400. The quantitative estimate of drug-likeness (QED) is 0.672. The molecule has 0 bridgehead atoms. The molecule has 0 spiro atoms. The number of hydrogen-bond donors (Lipinski definition) is 1. The fourth-order valence-electron chi connectivity index (χ4n) is 1.03. The number of ether oxygens (including phenoxy) is 1. The number of nitrogens with one attached hydrogen (secondary N) is 1. The summed E-state index contributed by atoms with van der Waals surface area (Å²) in [5.74, 6) is -0.239. The fourth-order valence-corrected chi connectivity index (χ4v) is 1.03. The van der Waals surface area contributed by atoms with Gasteiger partial charge in [0, 0.05) is 6.42 Å². The lowest BCUT2D eigenvalue weighted by molar-refractivity contribution is -0.144. The van der Waals surface area contributed by atoms with E-state index in [1.807, 2.05) is 6.92 Å². The standard InChI is InChI=1S/C10H13NO2/c1-2-5-10(12)13-9-7-4-3-6-8(9)11/h3-4,6-7,9,11H,2,5H2,1H3. The Hall–Kier alpha value is -1.38. The maximum Gasteiger partial charge on any atom is 0.306 e. The minimum absolute atomic E-state index is 0.239. The molecule has 1 atom stereocenters. The van der Waals surface area contributed by atoms with Crippen LogP contribution in [0.2, 0.25) is 0 Å². The zero-order chi connectivity index (χ0) is 9.68. The summed E-state index contributed by atoms with van der Waals surface area (Å²) >= 11 is 0. The Morgan fingerprint density at radius 3 is 3.00 bits per heavy atom. The van der Waals surface area contributed by atoms with Crippen LogP contribution in [-0.2, 0) is 9.53 Å². The molecule has 0 aromatic carbocycles. The summed E-state index contributed by atoms with van der Waals surface area (Å²) in [6.45, 7) is 1.92. The highest BCUT2D eigenvalue weighted by Gasteiger charge is 2.15. The number of esters is 1. The summed E-state index contributed by atoms with van der Waals surface area (Å²) < 4.78 is 5.04. The summed E-state index contributed by atoms with van der Waals surface area (Å²) in [5, 5.41) is 7.46. The zero-order valence-electron chi connectivity index (χ0n) is 7.62. The van der Waals surface area contributed by atoms with Crippen LogP contribution in [0.4, 0.5) is 0 Å². The second kappa shape index (κ2) is 4.60. The second-order valence-corrected chi connectivity index (χ2v) is 2.86. The van der Waals surface area contributed by atoms with Gasteiger partial charge in [0.15, 0.2) is 6.10 Å². The largest absolute Gasteiger partial charge is 0.452 e. The van der Waals surface area contributed by atoms with Crippen LogP contribution in [0.25, 0.3) is 0 Å². The molecular weight excluding hydrogens is 166 g/mol. The third kappa shape index (κ3) is 2.86. The summed E-state index contributed by atoms with van der Waals surface area (Å²) in [7, 11) is 0. The molecule has 70 valence electrons. The zero-order valence-corrected chi connectivity index (χ0v) is 7.62. The predicted molar refractivity (Wildman–Crippen MR) is 50.8 cm³/mol. The third-order valence-electron chi connectivity index (χ3n) is 1.69. The molecule has 3 heteroatoms. The minimum atomic E-state index is -0.482. The van der Waals surface area contributed by atoms with E-state index in [1.165, 1.54) is 0 Å². The third-order valence-corrected chi connectivity index (χ3v) is 1.69.